The zero-order valence-electron chi connectivity index (χ0n) is 11.1. The molecule has 2 saturated carbocycles. The molecule has 0 saturated heterocycles. The van der Waals surface area contributed by atoms with Gasteiger partial charge >= 0.3 is 5.97 Å². The van der Waals surface area contributed by atoms with Crippen molar-refractivity contribution in [3.8, 4) is 0 Å². The Morgan fingerprint density at radius 1 is 1.15 bits per heavy atom. The van der Waals surface area contributed by atoms with E-state index in [9.17, 15) is 9.59 Å². The van der Waals surface area contributed by atoms with Crippen molar-refractivity contribution in [1.82, 2.24) is 0 Å². The molecule has 4 atom stereocenters. The number of hydrogen-bond donors (Lipinski definition) is 3. The second-order valence-corrected chi connectivity index (χ2v) is 5.81. The zero-order chi connectivity index (χ0) is 14.3. The molecule has 0 spiro atoms. The molecule has 0 heterocycles. The normalized spacial score (nSPS) is 31.2. The molecule has 3 rings (SSSR count). The fourth-order valence-electron chi connectivity index (χ4n) is 3.65. The highest BCUT2D eigenvalue weighted by Gasteiger charge is 2.49. The van der Waals surface area contributed by atoms with E-state index in [-0.39, 0.29) is 23.4 Å². The summed E-state index contributed by atoms with van der Waals surface area (Å²) in [5, 5.41) is 11.7. The number of aromatic carboxylic acids is 1. The maximum atomic E-state index is 12.3. The van der Waals surface area contributed by atoms with Gasteiger partial charge in [-0.25, -0.2) is 4.79 Å². The second-order valence-electron chi connectivity index (χ2n) is 5.81. The Kier molecular flexibility index (Phi) is 3.22. The lowest BCUT2D eigenvalue weighted by atomic mass is 9.84. The molecule has 106 valence electrons. The van der Waals surface area contributed by atoms with Crippen LogP contribution in [0.15, 0.2) is 24.3 Å². The predicted molar refractivity (Wildman–Crippen MR) is 74.3 cm³/mol. The summed E-state index contributed by atoms with van der Waals surface area (Å²) < 4.78 is 0. The number of carboxylic acids is 1. The minimum absolute atomic E-state index is 0.0345. The molecule has 0 aromatic heterocycles. The molecule has 4 unspecified atom stereocenters. The van der Waals surface area contributed by atoms with Gasteiger partial charge in [0.25, 0.3) is 0 Å². The van der Waals surface area contributed by atoms with Crippen LogP contribution in [0, 0.1) is 17.8 Å². The molecule has 5 heteroatoms. The van der Waals surface area contributed by atoms with E-state index in [4.69, 9.17) is 10.8 Å². The van der Waals surface area contributed by atoms with Crippen molar-refractivity contribution in [2.75, 3.05) is 5.32 Å². The van der Waals surface area contributed by atoms with Gasteiger partial charge in [0.2, 0.25) is 5.91 Å². The number of carbonyl (C=O) groups excluding carboxylic acids is 1. The van der Waals surface area contributed by atoms with Gasteiger partial charge in [0.1, 0.15) is 0 Å². The Morgan fingerprint density at radius 2 is 1.80 bits per heavy atom. The van der Waals surface area contributed by atoms with Gasteiger partial charge in [0, 0.05) is 11.7 Å². The van der Waals surface area contributed by atoms with Crippen molar-refractivity contribution in [3.63, 3.8) is 0 Å². The summed E-state index contributed by atoms with van der Waals surface area (Å²) in [6.07, 6.45) is 3.30. The molecule has 2 fully saturated rings. The summed E-state index contributed by atoms with van der Waals surface area (Å²) in [4.78, 5) is 23.1. The minimum Gasteiger partial charge on any atom is -0.478 e. The molecule has 2 aliphatic rings. The third-order valence-electron chi connectivity index (χ3n) is 4.68. The van der Waals surface area contributed by atoms with Crippen LogP contribution >= 0.6 is 0 Å². The van der Waals surface area contributed by atoms with Crippen molar-refractivity contribution in [2.24, 2.45) is 23.5 Å². The predicted octanol–water partition coefficient (Wildman–Crippen LogP) is 1.70. The van der Waals surface area contributed by atoms with Crippen LogP contribution in [0.5, 0.6) is 0 Å². The van der Waals surface area contributed by atoms with E-state index in [1.54, 1.807) is 12.1 Å². The van der Waals surface area contributed by atoms with Crippen LogP contribution < -0.4 is 11.1 Å². The van der Waals surface area contributed by atoms with Crippen molar-refractivity contribution in [2.45, 2.75) is 25.3 Å². The topological polar surface area (TPSA) is 92.4 Å². The van der Waals surface area contributed by atoms with Crippen LogP contribution in [0.1, 0.15) is 29.6 Å². The first-order valence-corrected chi connectivity index (χ1v) is 6.96. The number of carbonyl (C=O) groups is 2. The number of carboxylic acid groups (broad SMARTS) is 1. The molecule has 5 nitrogen and oxygen atoms in total. The molecule has 20 heavy (non-hydrogen) atoms. The number of rotatable bonds is 3. The first kappa shape index (κ1) is 13.1. The van der Waals surface area contributed by atoms with E-state index in [2.05, 4.69) is 5.32 Å². The Hall–Kier alpha value is -1.88. The van der Waals surface area contributed by atoms with Gasteiger partial charge in [0.05, 0.1) is 11.5 Å². The molecular weight excluding hydrogens is 256 g/mol. The van der Waals surface area contributed by atoms with Gasteiger partial charge < -0.3 is 16.2 Å². The van der Waals surface area contributed by atoms with E-state index < -0.39 is 5.97 Å². The largest absolute Gasteiger partial charge is 0.478 e. The van der Waals surface area contributed by atoms with Crippen LogP contribution in [0.4, 0.5) is 5.69 Å². The summed E-state index contributed by atoms with van der Waals surface area (Å²) in [7, 11) is 0. The maximum absolute atomic E-state index is 12.3. The molecule has 0 radical (unpaired) electrons. The Bertz CT molecular complexity index is 539. The Balaban J connectivity index is 1.68. The lowest BCUT2D eigenvalue weighted by Gasteiger charge is -2.27. The average molecular weight is 274 g/mol. The molecule has 1 aromatic carbocycles. The van der Waals surface area contributed by atoms with Crippen LogP contribution in [0.2, 0.25) is 0 Å². The lowest BCUT2D eigenvalue weighted by molar-refractivity contribution is -0.121. The standard InChI is InChI=1S/C15H18N2O3/c16-13-10-2-1-9(7-10)12(13)14(18)17-11-5-3-8(4-6-11)15(19)20/h3-6,9-10,12-13H,1-2,7,16H2,(H,17,18)(H,19,20). The van der Waals surface area contributed by atoms with Crippen LogP contribution in [-0.4, -0.2) is 23.0 Å². The molecule has 1 amide bonds. The van der Waals surface area contributed by atoms with Gasteiger partial charge in [-0.2, -0.15) is 0 Å². The van der Waals surface area contributed by atoms with Gasteiger partial charge in [-0.05, 0) is 55.4 Å². The lowest BCUT2D eigenvalue weighted by Crippen LogP contribution is -2.42. The van der Waals surface area contributed by atoms with E-state index in [0.717, 1.165) is 19.3 Å². The van der Waals surface area contributed by atoms with Crippen LogP contribution in [-0.2, 0) is 4.79 Å². The van der Waals surface area contributed by atoms with Gasteiger partial charge in [-0.3, -0.25) is 4.79 Å². The van der Waals surface area contributed by atoms with Crippen molar-refractivity contribution in [1.29, 1.82) is 0 Å². The average Bonchev–Trinajstić information content (AvgIpc) is 2.99. The summed E-state index contributed by atoms with van der Waals surface area (Å²) in [5.41, 5.74) is 6.97. The molecule has 0 aliphatic heterocycles. The summed E-state index contributed by atoms with van der Waals surface area (Å²) in [6.45, 7) is 0. The number of nitrogens with two attached hydrogens (primary N) is 1. The highest BCUT2D eigenvalue weighted by atomic mass is 16.4. The molecule has 1 aromatic rings. The number of hydrogen-bond acceptors (Lipinski definition) is 3. The minimum atomic E-state index is -0.974. The third-order valence-corrected chi connectivity index (χ3v) is 4.68. The number of nitrogens with one attached hydrogen (secondary N) is 1. The number of anilines is 1. The van der Waals surface area contributed by atoms with Gasteiger partial charge in [-0.1, -0.05) is 0 Å². The first-order valence-electron chi connectivity index (χ1n) is 6.96. The smallest absolute Gasteiger partial charge is 0.335 e. The monoisotopic (exact) mass is 274 g/mol. The molecular formula is C15H18N2O3. The fourth-order valence-corrected chi connectivity index (χ4v) is 3.65. The molecule has 4 N–H and O–H groups in total. The van der Waals surface area contributed by atoms with E-state index in [0.29, 0.717) is 17.5 Å². The van der Waals surface area contributed by atoms with Crippen LogP contribution in [0.3, 0.4) is 0 Å². The zero-order valence-corrected chi connectivity index (χ0v) is 11.1. The Morgan fingerprint density at radius 3 is 2.35 bits per heavy atom. The highest BCUT2D eigenvalue weighted by molar-refractivity contribution is 5.94. The fraction of sp³-hybridized carbons (Fsp3) is 0.467. The van der Waals surface area contributed by atoms with E-state index >= 15 is 0 Å². The highest BCUT2D eigenvalue weighted by Crippen LogP contribution is 2.47. The van der Waals surface area contributed by atoms with Crippen molar-refractivity contribution < 1.29 is 14.7 Å². The summed E-state index contributed by atoms with van der Waals surface area (Å²) >= 11 is 0. The second kappa shape index (κ2) is 4.90. The Labute approximate surface area is 117 Å². The maximum Gasteiger partial charge on any atom is 0.335 e. The van der Waals surface area contributed by atoms with Gasteiger partial charge in [-0.15, -0.1) is 0 Å². The summed E-state index contributed by atoms with van der Waals surface area (Å²) in [6, 6.07) is 6.16. The molecule has 2 bridgehead atoms. The van der Waals surface area contributed by atoms with E-state index in [1.165, 1.54) is 12.1 Å². The SMILES string of the molecule is NC1C2CCC(C2)C1C(=O)Nc1ccc(C(=O)O)cc1. The first-order chi connectivity index (χ1) is 9.56. The molecule has 2 aliphatic carbocycles. The van der Waals surface area contributed by atoms with Gasteiger partial charge in [0.15, 0.2) is 0 Å². The van der Waals surface area contributed by atoms with Crippen LogP contribution in [0.25, 0.3) is 0 Å². The van der Waals surface area contributed by atoms with Crippen molar-refractivity contribution >= 4 is 17.6 Å². The number of amides is 1. The third kappa shape index (κ3) is 2.18. The van der Waals surface area contributed by atoms with E-state index in [1.807, 2.05) is 0 Å². The summed E-state index contributed by atoms with van der Waals surface area (Å²) in [5.74, 6) is -0.211. The van der Waals surface area contributed by atoms with Crippen molar-refractivity contribution in [3.05, 3.63) is 29.8 Å². The number of benzene rings is 1. The quantitative estimate of drug-likeness (QED) is 0.782. The number of fused-ring (bicyclic) bond motifs is 2.